The summed E-state index contributed by atoms with van der Waals surface area (Å²) in [7, 11) is 0. The molecule has 1 nitrogen and oxygen atoms in total. The maximum absolute atomic E-state index is 14.0. The minimum Gasteiger partial charge on any atom is -0.236 e. The summed E-state index contributed by atoms with van der Waals surface area (Å²) >= 11 is 10.7. The Morgan fingerprint density at radius 3 is 2.60 bits per heavy atom. The third-order valence-corrected chi connectivity index (χ3v) is 4.69. The molecule has 0 aliphatic rings. The van der Waals surface area contributed by atoms with Crippen molar-refractivity contribution in [1.29, 1.82) is 0 Å². The fourth-order valence-electron chi connectivity index (χ4n) is 1.86. The van der Waals surface area contributed by atoms with Crippen molar-refractivity contribution in [3.05, 3.63) is 63.2 Å². The zero-order valence-corrected chi connectivity index (χ0v) is 13.3. The average Bonchev–Trinajstić information content (AvgIpc) is 2.92. The van der Waals surface area contributed by atoms with Gasteiger partial charge in [-0.15, -0.1) is 11.3 Å². The second-order valence-corrected chi connectivity index (χ2v) is 6.24. The lowest BCUT2D eigenvalue weighted by atomic mass is 10.2. The van der Waals surface area contributed by atoms with Gasteiger partial charge >= 0.3 is 0 Å². The lowest BCUT2D eigenvalue weighted by molar-refractivity contribution is 0.631. The molecule has 5 heteroatoms. The van der Waals surface area contributed by atoms with Crippen molar-refractivity contribution in [2.24, 2.45) is 0 Å². The van der Waals surface area contributed by atoms with Gasteiger partial charge in [0.25, 0.3) is 0 Å². The summed E-state index contributed by atoms with van der Waals surface area (Å²) in [5, 5.41) is 2.64. The van der Waals surface area contributed by atoms with Crippen LogP contribution in [0.15, 0.2) is 52.3 Å². The van der Waals surface area contributed by atoms with Crippen molar-refractivity contribution in [2.75, 3.05) is 0 Å². The van der Waals surface area contributed by atoms with Gasteiger partial charge in [0, 0.05) is 21.0 Å². The molecule has 0 saturated heterocycles. The van der Waals surface area contributed by atoms with Crippen LogP contribution in [-0.4, -0.2) is 4.98 Å². The molecule has 20 heavy (non-hydrogen) atoms. The molecule has 1 heterocycles. The summed E-state index contributed by atoms with van der Waals surface area (Å²) in [5.41, 5.74) is 2.23. The summed E-state index contributed by atoms with van der Waals surface area (Å²) in [6, 6.07) is 12.7. The highest BCUT2D eigenvalue weighted by Crippen LogP contribution is 2.34. The minimum atomic E-state index is -0.429. The van der Waals surface area contributed by atoms with Gasteiger partial charge in [0.05, 0.1) is 10.7 Å². The summed E-state index contributed by atoms with van der Waals surface area (Å²) in [4.78, 5) is 4.50. The van der Waals surface area contributed by atoms with Crippen molar-refractivity contribution < 1.29 is 4.39 Å². The molecule has 0 aliphatic heterocycles. The van der Waals surface area contributed by atoms with Gasteiger partial charge in [0.1, 0.15) is 5.01 Å². The Hall–Kier alpha value is -1.23. The Balaban J connectivity index is 2.07. The van der Waals surface area contributed by atoms with Gasteiger partial charge in [-0.1, -0.05) is 51.8 Å². The molecule has 0 atom stereocenters. The van der Waals surface area contributed by atoms with E-state index in [-0.39, 0.29) is 5.02 Å². The van der Waals surface area contributed by atoms with E-state index in [2.05, 4.69) is 20.9 Å². The maximum atomic E-state index is 14.0. The highest BCUT2D eigenvalue weighted by atomic mass is 79.9. The summed E-state index contributed by atoms with van der Waals surface area (Å²) in [5.74, 6) is -0.429. The van der Waals surface area contributed by atoms with E-state index < -0.39 is 5.82 Å². The molecule has 0 saturated carbocycles. The van der Waals surface area contributed by atoms with Crippen LogP contribution in [0.1, 0.15) is 0 Å². The topological polar surface area (TPSA) is 12.9 Å². The first-order valence-corrected chi connectivity index (χ1v) is 7.86. The van der Waals surface area contributed by atoms with Gasteiger partial charge in [-0.2, -0.15) is 0 Å². The molecule has 0 radical (unpaired) electrons. The van der Waals surface area contributed by atoms with E-state index in [1.54, 1.807) is 12.1 Å². The molecule has 0 spiro atoms. The van der Waals surface area contributed by atoms with Gasteiger partial charge in [-0.05, 0) is 18.2 Å². The highest BCUT2D eigenvalue weighted by Gasteiger charge is 2.13. The number of nitrogens with zero attached hydrogens (tertiary/aromatic N) is 1. The predicted octanol–water partition coefficient (Wildman–Crippen LogP) is 6.03. The Labute approximate surface area is 133 Å². The first-order valence-electron chi connectivity index (χ1n) is 5.81. The molecule has 3 aromatic rings. The normalized spacial score (nSPS) is 10.8. The van der Waals surface area contributed by atoms with Gasteiger partial charge in [-0.3, -0.25) is 0 Å². The molecular weight excluding hydrogens is 361 g/mol. The van der Waals surface area contributed by atoms with E-state index in [0.717, 1.165) is 15.7 Å². The number of hydrogen-bond acceptors (Lipinski definition) is 2. The number of rotatable bonds is 2. The third-order valence-electron chi connectivity index (χ3n) is 2.84. The van der Waals surface area contributed by atoms with E-state index in [1.807, 2.05) is 29.6 Å². The first-order chi connectivity index (χ1) is 9.66. The maximum Gasteiger partial charge on any atom is 0.152 e. The first kappa shape index (κ1) is 13.7. The van der Waals surface area contributed by atoms with Crippen molar-refractivity contribution in [1.82, 2.24) is 4.98 Å². The molecule has 0 N–H and O–H groups in total. The number of hydrogen-bond donors (Lipinski definition) is 0. The molecule has 0 bridgehead atoms. The summed E-state index contributed by atoms with van der Waals surface area (Å²) in [6.45, 7) is 0. The Bertz CT molecular complexity index is 772. The zero-order valence-electron chi connectivity index (χ0n) is 10.1. The molecule has 100 valence electrons. The lowest BCUT2D eigenvalue weighted by Crippen LogP contribution is -1.85. The van der Waals surface area contributed by atoms with E-state index in [4.69, 9.17) is 11.6 Å². The van der Waals surface area contributed by atoms with Gasteiger partial charge in [0.15, 0.2) is 5.82 Å². The largest absolute Gasteiger partial charge is 0.236 e. The fraction of sp³-hybridized carbons (Fsp3) is 0. The smallest absolute Gasteiger partial charge is 0.152 e. The van der Waals surface area contributed by atoms with Crippen LogP contribution in [0.3, 0.4) is 0 Å². The van der Waals surface area contributed by atoms with Crippen molar-refractivity contribution in [2.45, 2.75) is 0 Å². The van der Waals surface area contributed by atoms with Crippen LogP contribution in [0.4, 0.5) is 4.39 Å². The quantitative estimate of drug-likeness (QED) is 0.538. The number of thiazole rings is 1. The number of benzene rings is 2. The van der Waals surface area contributed by atoms with E-state index in [9.17, 15) is 4.39 Å². The van der Waals surface area contributed by atoms with Crippen LogP contribution < -0.4 is 0 Å². The molecule has 0 amide bonds. The van der Waals surface area contributed by atoms with Gasteiger partial charge in [-0.25, -0.2) is 9.37 Å². The van der Waals surface area contributed by atoms with E-state index in [0.29, 0.717) is 10.6 Å². The molecular formula is C15H8BrClFNS. The van der Waals surface area contributed by atoms with Crippen LogP contribution in [0.25, 0.3) is 21.8 Å². The van der Waals surface area contributed by atoms with Crippen molar-refractivity contribution in [3.8, 4) is 21.8 Å². The van der Waals surface area contributed by atoms with Crippen LogP contribution in [-0.2, 0) is 0 Å². The average molecular weight is 369 g/mol. The van der Waals surface area contributed by atoms with E-state index >= 15 is 0 Å². The molecule has 0 unspecified atom stereocenters. The molecule has 0 fully saturated rings. The van der Waals surface area contributed by atoms with Gasteiger partial charge in [0.2, 0.25) is 0 Å². The highest BCUT2D eigenvalue weighted by molar-refractivity contribution is 9.10. The standard InChI is InChI=1S/C15H8BrClFNS/c16-11-6-2-1-4-9(11)13-8-20-15(19-13)10-5-3-7-12(17)14(10)18/h1-8H. The van der Waals surface area contributed by atoms with Crippen molar-refractivity contribution in [3.63, 3.8) is 0 Å². The second-order valence-electron chi connectivity index (χ2n) is 4.12. The monoisotopic (exact) mass is 367 g/mol. The predicted molar refractivity (Wildman–Crippen MR) is 85.7 cm³/mol. The Kier molecular flexibility index (Phi) is 3.87. The molecule has 1 aromatic heterocycles. The Morgan fingerprint density at radius 1 is 1.05 bits per heavy atom. The minimum absolute atomic E-state index is 0.111. The van der Waals surface area contributed by atoms with Crippen LogP contribution in [0, 0.1) is 5.82 Å². The summed E-state index contributed by atoms with van der Waals surface area (Å²) in [6.07, 6.45) is 0. The van der Waals surface area contributed by atoms with Crippen LogP contribution in [0.5, 0.6) is 0 Å². The second kappa shape index (κ2) is 5.64. The molecule has 0 aliphatic carbocycles. The number of halogens is 3. The summed E-state index contributed by atoms with van der Waals surface area (Å²) < 4.78 is 15.0. The van der Waals surface area contributed by atoms with Gasteiger partial charge < -0.3 is 0 Å². The van der Waals surface area contributed by atoms with Crippen LogP contribution in [0.2, 0.25) is 5.02 Å². The molecule has 3 rings (SSSR count). The third kappa shape index (κ3) is 2.51. The molecule has 2 aromatic carbocycles. The van der Waals surface area contributed by atoms with Crippen LogP contribution >= 0.6 is 38.9 Å². The fourth-order valence-corrected chi connectivity index (χ4v) is 3.36. The number of aromatic nitrogens is 1. The van der Waals surface area contributed by atoms with Crippen molar-refractivity contribution >= 4 is 38.9 Å². The SMILES string of the molecule is Fc1c(Cl)cccc1-c1nc(-c2ccccc2Br)cs1. The Morgan fingerprint density at radius 2 is 1.80 bits per heavy atom. The lowest BCUT2D eigenvalue weighted by Gasteiger charge is -2.01. The zero-order chi connectivity index (χ0) is 14.1. The van der Waals surface area contributed by atoms with E-state index in [1.165, 1.54) is 17.4 Å².